The predicted octanol–water partition coefficient (Wildman–Crippen LogP) is 3.71. The van der Waals surface area contributed by atoms with Crippen LogP contribution in [-0.4, -0.2) is 0 Å². The molecule has 0 aliphatic carbocycles. The summed E-state index contributed by atoms with van der Waals surface area (Å²) in [6.45, 7) is 6.56. The third-order valence-electron chi connectivity index (χ3n) is 3.24. The van der Waals surface area contributed by atoms with Gasteiger partial charge in [-0.2, -0.15) is 0 Å². The highest BCUT2D eigenvalue weighted by molar-refractivity contribution is 5.68. The second kappa shape index (κ2) is 6.53. The molecule has 0 saturated heterocycles. The van der Waals surface area contributed by atoms with Gasteiger partial charge in [0.2, 0.25) is 0 Å². The Morgan fingerprint density at radius 3 is 1.88 bits per heavy atom. The molecule has 0 atom stereocenters. The lowest BCUT2D eigenvalue weighted by atomic mass is 9.92. The molecule has 0 radical (unpaired) electrons. The molecule has 1 rings (SSSR count). The van der Waals surface area contributed by atoms with E-state index in [0.29, 0.717) is 0 Å². The number of nitrogens with two attached hydrogens (primary N) is 2. The Hall–Kier alpha value is -1.18. The van der Waals surface area contributed by atoms with Crippen molar-refractivity contribution in [1.29, 1.82) is 0 Å². The lowest BCUT2D eigenvalue weighted by Gasteiger charge is -2.17. The van der Waals surface area contributed by atoms with Gasteiger partial charge < -0.3 is 11.5 Å². The molecule has 0 bridgehead atoms. The van der Waals surface area contributed by atoms with Gasteiger partial charge in [-0.05, 0) is 42.0 Å². The molecule has 2 heteroatoms. The minimum absolute atomic E-state index is 0.882. The van der Waals surface area contributed by atoms with Crippen LogP contribution >= 0.6 is 0 Å². The van der Waals surface area contributed by atoms with E-state index in [-0.39, 0.29) is 0 Å². The van der Waals surface area contributed by atoms with E-state index in [1.807, 2.05) is 0 Å². The summed E-state index contributed by atoms with van der Waals surface area (Å²) in [4.78, 5) is 0. The Labute approximate surface area is 105 Å². The zero-order valence-electron chi connectivity index (χ0n) is 11.5. The number of anilines is 2. The minimum Gasteiger partial charge on any atom is -0.398 e. The Morgan fingerprint density at radius 1 is 0.824 bits per heavy atom. The quantitative estimate of drug-likeness (QED) is 0.737. The fraction of sp³-hybridized carbons (Fsp3) is 0.600. The molecular weight excluding hydrogens is 208 g/mol. The Morgan fingerprint density at radius 2 is 1.35 bits per heavy atom. The van der Waals surface area contributed by atoms with Gasteiger partial charge >= 0.3 is 0 Å². The molecule has 17 heavy (non-hydrogen) atoms. The number of nitrogen functional groups attached to an aromatic ring is 2. The van der Waals surface area contributed by atoms with Gasteiger partial charge in [-0.1, -0.05) is 40.0 Å². The van der Waals surface area contributed by atoms with Gasteiger partial charge in [0.05, 0.1) is 0 Å². The van der Waals surface area contributed by atoms with Crippen molar-refractivity contribution in [2.24, 2.45) is 0 Å². The third kappa shape index (κ3) is 3.15. The van der Waals surface area contributed by atoms with E-state index in [2.05, 4.69) is 26.8 Å². The van der Waals surface area contributed by atoms with Crippen LogP contribution in [0.5, 0.6) is 0 Å². The molecule has 2 nitrogen and oxygen atoms in total. The normalized spacial score (nSPS) is 10.8. The maximum atomic E-state index is 6.31. The Bertz CT molecular complexity index is 370. The molecule has 0 spiro atoms. The molecule has 0 saturated carbocycles. The smallest absolute Gasteiger partial charge is 0.0402 e. The second-order valence-electron chi connectivity index (χ2n) is 4.75. The number of benzene rings is 1. The molecule has 0 aliphatic heterocycles. The van der Waals surface area contributed by atoms with Gasteiger partial charge in [-0.15, -0.1) is 0 Å². The molecule has 4 N–H and O–H groups in total. The highest BCUT2D eigenvalue weighted by Crippen LogP contribution is 2.30. The summed E-state index contributed by atoms with van der Waals surface area (Å²) in [6.07, 6.45) is 6.50. The van der Waals surface area contributed by atoms with E-state index in [0.717, 1.165) is 55.5 Å². The average molecular weight is 234 g/mol. The van der Waals surface area contributed by atoms with Gasteiger partial charge in [0, 0.05) is 11.4 Å². The highest BCUT2D eigenvalue weighted by atomic mass is 14.6. The molecule has 0 aliphatic rings. The summed E-state index contributed by atoms with van der Waals surface area (Å²) >= 11 is 0. The van der Waals surface area contributed by atoms with Crippen molar-refractivity contribution < 1.29 is 0 Å². The lowest BCUT2D eigenvalue weighted by molar-refractivity contribution is 0.855. The summed E-state index contributed by atoms with van der Waals surface area (Å²) in [6, 6.07) is 2.15. The Balaban J connectivity index is 3.24. The van der Waals surface area contributed by atoms with Crippen LogP contribution in [0.2, 0.25) is 0 Å². The highest BCUT2D eigenvalue weighted by Gasteiger charge is 2.12. The van der Waals surface area contributed by atoms with Crippen LogP contribution in [0.15, 0.2) is 6.07 Å². The van der Waals surface area contributed by atoms with E-state index < -0.39 is 0 Å². The summed E-state index contributed by atoms with van der Waals surface area (Å²) in [5.74, 6) is 0. The van der Waals surface area contributed by atoms with Gasteiger partial charge in [0.15, 0.2) is 0 Å². The molecule has 1 aromatic rings. The van der Waals surface area contributed by atoms with Crippen LogP contribution in [0.3, 0.4) is 0 Å². The first kappa shape index (κ1) is 13.9. The standard InChI is InChI=1S/C15H26N2/c1-4-7-11-10-14(16)13(9-6-3)15(17)12(11)8-5-2/h10H,4-9,16-17H2,1-3H3. The zero-order chi connectivity index (χ0) is 12.8. The van der Waals surface area contributed by atoms with Crippen molar-refractivity contribution in [2.45, 2.75) is 59.3 Å². The van der Waals surface area contributed by atoms with Crippen molar-refractivity contribution in [3.8, 4) is 0 Å². The topological polar surface area (TPSA) is 52.0 Å². The first-order valence-corrected chi connectivity index (χ1v) is 6.84. The van der Waals surface area contributed by atoms with Gasteiger partial charge in [-0.25, -0.2) is 0 Å². The van der Waals surface area contributed by atoms with Crippen LogP contribution < -0.4 is 11.5 Å². The molecule has 1 aromatic carbocycles. The fourth-order valence-corrected chi connectivity index (χ4v) is 2.44. The molecule has 0 unspecified atom stereocenters. The van der Waals surface area contributed by atoms with Crippen LogP contribution in [0.25, 0.3) is 0 Å². The predicted molar refractivity (Wildman–Crippen MR) is 77.3 cm³/mol. The van der Waals surface area contributed by atoms with Crippen LogP contribution in [-0.2, 0) is 19.3 Å². The number of hydrogen-bond acceptors (Lipinski definition) is 2. The van der Waals surface area contributed by atoms with Gasteiger partial charge in [-0.3, -0.25) is 0 Å². The zero-order valence-corrected chi connectivity index (χ0v) is 11.5. The Kier molecular flexibility index (Phi) is 5.33. The summed E-state index contributed by atoms with van der Waals surface area (Å²) < 4.78 is 0. The molecular formula is C15H26N2. The van der Waals surface area contributed by atoms with Crippen molar-refractivity contribution in [2.75, 3.05) is 11.5 Å². The summed E-state index contributed by atoms with van der Waals surface area (Å²) in [5, 5.41) is 0. The van der Waals surface area contributed by atoms with E-state index in [1.54, 1.807) is 0 Å². The van der Waals surface area contributed by atoms with Crippen molar-refractivity contribution >= 4 is 11.4 Å². The van der Waals surface area contributed by atoms with Crippen LogP contribution in [0.1, 0.15) is 56.7 Å². The first-order chi connectivity index (χ1) is 8.15. The summed E-state index contributed by atoms with van der Waals surface area (Å²) in [7, 11) is 0. The monoisotopic (exact) mass is 234 g/mol. The molecule has 0 fully saturated rings. The molecule has 0 aromatic heterocycles. The average Bonchev–Trinajstić information content (AvgIpc) is 2.30. The number of hydrogen-bond donors (Lipinski definition) is 2. The van der Waals surface area contributed by atoms with E-state index in [1.165, 1.54) is 11.1 Å². The maximum absolute atomic E-state index is 6.31. The maximum Gasteiger partial charge on any atom is 0.0402 e. The molecule has 0 heterocycles. The van der Waals surface area contributed by atoms with Crippen LogP contribution in [0.4, 0.5) is 11.4 Å². The van der Waals surface area contributed by atoms with Crippen molar-refractivity contribution in [1.82, 2.24) is 0 Å². The largest absolute Gasteiger partial charge is 0.398 e. The number of aryl methyl sites for hydroxylation is 1. The van der Waals surface area contributed by atoms with Crippen LogP contribution in [0, 0.1) is 0 Å². The van der Waals surface area contributed by atoms with E-state index in [9.17, 15) is 0 Å². The van der Waals surface area contributed by atoms with E-state index >= 15 is 0 Å². The fourth-order valence-electron chi connectivity index (χ4n) is 2.44. The first-order valence-electron chi connectivity index (χ1n) is 6.84. The SMILES string of the molecule is CCCc1cc(N)c(CCC)c(N)c1CCC. The minimum atomic E-state index is 0.882. The van der Waals surface area contributed by atoms with E-state index in [4.69, 9.17) is 11.5 Å². The van der Waals surface area contributed by atoms with Gasteiger partial charge in [0.1, 0.15) is 0 Å². The summed E-state index contributed by atoms with van der Waals surface area (Å²) in [5.41, 5.74) is 18.1. The number of rotatable bonds is 6. The van der Waals surface area contributed by atoms with Crippen molar-refractivity contribution in [3.63, 3.8) is 0 Å². The van der Waals surface area contributed by atoms with Crippen molar-refractivity contribution in [3.05, 3.63) is 22.8 Å². The van der Waals surface area contributed by atoms with Gasteiger partial charge in [0.25, 0.3) is 0 Å². The second-order valence-corrected chi connectivity index (χ2v) is 4.75. The molecule has 0 amide bonds. The third-order valence-corrected chi connectivity index (χ3v) is 3.24. The molecule has 96 valence electrons. The lowest BCUT2D eigenvalue weighted by Crippen LogP contribution is -2.08.